The monoisotopic (exact) mass is 684 g/mol. The molecule has 2 heterocycles. The molecule has 50 heavy (non-hydrogen) atoms. The number of pyridine rings is 1. The van der Waals surface area contributed by atoms with Crippen LogP contribution in [-0.2, 0) is 17.5 Å². The quantitative estimate of drug-likeness (QED) is 0.140. The van der Waals surface area contributed by atoms with Crippen LogP contribution in [0.4, 0.5) is 13.2 Å². The van der Waals surface area contributed by atoms with E-state index in [-0.39, 0.29) is 24.3 Å². The van der Waals surface area contributed by atoms with Gasteiger partial charge in [0.25, 0.3) is 5.56 Å². The van der Waals surface area contributed by atoms with Crippen molar-refractivity contribution in [3.63, 3.8) is 0 Å². The molecule has 0 aliphatic rings. The normalized spacial score (nSPS) is 11.9. The summed E-state index contributed by atoms with van der Waals surface area (Å²) >= 11 is 0. The molecular formula is C39H39F3N4O4. The van der Waals surface area contributed by atoms with Crippen LogP contribution in [0.15, 0.2) is 77.6 Å². The number of carbonyl (C=O) groups is 1. The van der Waals surface area contributed by atoms with Crippen molar-refractivity contribution in [2.24, 2.45) is 5.41 Å². The summed E-state index contributed by atoms with van der Waals surface area (Å²) in [4.78, 5) is 31.5. The highest BCUT2D eigenvalue weighted by molar-refractivity contribution is 5.95. The molecule has 3 aromatic carbocycles. The fraction of sp³-hybridized carbons (Fsp3) is 0.308. The molecule has 0 fully saturated rings. The van der Waals surface area contributed by atoms with Gasteiger partial charge in [-0.15, -0.1) is 0 Å². The standard InChI is InChI=1S/C39H39F3N4O4/c1-7-45(6)22-38(4,5)23-49-37(48)34-18-28-17-30(14-15-33(28)44-34)50-29-12-10-26(11-13-29)35-19-32(39(40,41)42)31(20-43)36(47)46(35)21-27-9-8-24(2)16-25(27)3/h8-19,44H,7,21-23H2,1-6H3. The van der Waals surface area contributed by atoms with Gasteiger partial charge < -0.3 is 23.9 Å². The number of nitrogens with zero attached hydrogens (tertiary/aromatic N) is 3. The Hall–Kier alpha value is -5.34. The Morgan fingerprint density at radius 3 is 2.32 bits per heavy atom. The van der Waals surface area contributed by atoms with E-state index in [1.807, 2.05) is 52.9 Å². The average molecular weight is 685 g/mol. The van der Waals surface area contributed by atoms with E-state index in [0.717, 1.165) is 41.2 Å². The van der Waals surface area contributed by atoms with Crippen molar-refractivity contribution in [3.8, 4) is 28.8 Å². The predicted molar refractivity (Wildman–Crippen MR) is 186 cm³/mol. The van der Waals surface area contributed by atoms with Crippen LogP contribution in [0.1, 0.15) is 59.1 Å². The van der Waals surface area contributed by atoms with Crippen molar-refractivity contribution < 1.29 is 27.4 Å². The van der Waals surface area contributed by atoms with Gasteiger partial charge in [0.15, 0.2) is 0 Å². The second-order valence-electron chi connectivity index (χ2n) is 13.4. The first-order chi connectivity index (χ1) is 23.6. The van der Waals surface area contributed by atoms with Gasteiger partial charge in [-0.2, -0.15) is 18.4 Å². The third-order valence-electron chi connectivity index (χ3n) is 8.57. The first-order valence-corrected chi connectivity index (χ1v) is 16.2. The van der Waals surface area contributed by atoms with Crippen LogP contribution in [0.3, 0.4) is 0 Å². The van der Waals surface area contributed by atoms with Gasteiger partial charge in [-0.3, -0.25) is 4.79 Å². The number of alkyl halides is 3. The Kier molecular flexibility index (Phi) is 10.2. The molecule has 11 heteroatoms. The predicted octanol–water partition coefficient (Wildman–Crippen LogP) is 8.48. The molecule has 1 N–H and O–H groups in total. The molecule has 2 aromatic heterocycles. The molecule has 0 saturated carbocycles. The molecule has 0 atom stereocenters. The minimum atomic E-state index is -4.91. The van der Waals surface area contributed by atoms with Crippen LogP contribution >= 0.6 is 0 Å². The van der Waals surface area contributed by atoms with Gasteiger partial charge in [0.05, 0.1) is 24.4 Å². The highest BCUT2D eigenvalue weighted by atomic mass is 19.4. The molecule has 0 spiro atoms. The van der Waals surface area contributed by atoms with Crippen molar-refractivity contribution in [2.45, 2.75) is 47.3 Å². The Bertz CT molecular complexity index is 2140. The summed E-state index contributed by atoms with van der Waals surface area (Å²) in [7, 11) is 2.02. The Balaban J connectivity index is 1.39. The number of aryl methyl sites for hydroxylation is 2. The summed E-state index contributed by atoms with van der Waals surface area (Å²) in [6.45, 7) is 11.9. The summed E-state index contributed by atoms with van der Waals surface area (Å²) in [5.74, 6) is 0.409. The van der Waals surface area contributed by atoms with Gasteiger partial charge in [0.1, 0.15) is 28.8 Å². The van der Waals surface area contributed by atoms with E-state index in [2.05, 4.69) is 16.8 Å². The van der Waals surface area contributed by atoms with Gasteiger partial charge in [-0.05, 0) is 98.7 Å². The number of hydrogen-bond acceptors (Lipinski definition) is 6. The minimum Gasteiger partial charge on any atom is -0.460 e. The molecule has 0 unspecified atom stereocenters. The fourth-order valence-corrected chi connectivity index (χ4v) is 5.91. The SMILES string of the molecule is CCN(C)CC(C)(C)COC(=O)c1cc2cc(Oc3ccc(-c4cc(C(F)(F)F)c(C#N)c(=O)n4Cc4ccc(C)cc4C)cc3)ccc2[nH]1. The van der Waals surface area contributed by atoms with Crippen molar-refractivity contribution in [1.29, 1.82) is 5.26 Å². The first kappa shape index (κ1) is 36.0. The Morgan fingerprint density at radius 2 is 1.68 bits per heavy atom. The molecule has 5 aromatic rings. The maximum Gasteiger partial charge on any atom is 0.417 e. The lowest BCUT2D eigenvalue weighted by atomic mass is 9.94. The number of halogens is 3. The molecule has 0 amide bonds. The van der Waals surface area contributed by atoms with Crippen LogP contribution in [0.2, 0.25) is 0 Å². The van der Waals surface area contributed by atoms with Gasteiger partial charge in [-0.1, -0.05) is 44.5 Å². The minimum absolute atomic E-state index is 0.0155. The van der Waals surface area contributed by atoms with Gasteiger partial charge in [-0.25, -0.2) is 4.79 Å². The van der Waals surface area contributed by atoms with E-state index < -0.39 is 28.8 Å². The van der Waals surface area contributed by atoms with Gasteiger partial charge in [0, 0.05) is 22.9 Å². The number of fused-ring (bicyclic) bond motifs is 1. The first-order valence-electron chi connectivity index (χ1n) is 16.2. The number of nitriles is 1. The Morgan fingerprint density at radius 1 is 0.980 bits per heavy atom. The number of rotatable bonds is 11. The zero-order valence-electron chi connectivity index (χ0n) is 28.9. The number of nitrogens with one attached hydrogen (secondary N) is 1. The topological polar surface area (TPSA) is 100 Å². The molecule has 260 valence electrons. The van der Waals surface area contributed by atoms with E-state index in [0.29, 0.717) is 28.3 Å². The largest absolute Gasteiger partial charge is 0.460 e. The summed E-state index contributed by atoms with van der Waals surface area (Å²) < 4.78 is 55.0. The number of H-pyrrole nitrogens is 1. The molecule has 0 bridgehead atoms. The number of esters is 1. The second-order valence-corrected chi connectivity index (χ2v) is 13.4. The summed E-state index contributed by atoms with van der Waals surface area (Å²) in [5, 5.41) is 10.3. The summed E-state index contributed by atoms with van der Waals surface area (Å²) in [6, 6.07) is 21.2. The van der Waals surface area contributed by atoms with Crippen LogP contribution in [0.25, 0.3) is 22.2 Å². The van der Waals surface area contributed by atoms with Crippen molar-refractivity contribution in [1.82, 2.24) is 14.5 Å². The van der Waals surface area contributed by atoms with E-state index in [1.54, 1.807) is 48.5 Å². The Labute approximate surface area is 288 Å². The average Bonchev–Trinajstić information content (AvgIpc) is 3.49. The van der Waals surface area contributed by atoms with E-state index in [1.165, 1.54) is 10.6 Å². The summed E-state index contributed by atoms with van der Waals surface area (Å²) in [5.41, 5.74) is 0.514. The van der Waals surface area contributed by atoms with Crippen molar-refractivity contribution in [3.05, 3.63) is 117 Å². The van der Waals surface area contributed by atoms with E-state index in [4.69, 9.17) is 9.47 Å². The van der Waals surface area contributed by atoms with Gasteiger partial charge >= 0.3 is 12.1 Å². The third kappa shape index (κ3) is 8.09. The van der Waals surface area contributed by atoms with Crippen LogP contribution in [-0.4, -0.2) is 47.2 Å². The number of aromatic amines is 1. The highest BCUT2D eigenvalue weighted by Crippen LogP contribution is 2.35. The lowest BCUT2D eigenvalue weighted by Gasteiger charge is -2.29. The van der Waals surface area contributed by atoms with Crippen LogP contribution < -0.4 is 10.3 Å². The lowest BCUT2D eigenvalue weighted by molar-refractivity contribution is -0.137. The lowest BCUT2D eigenvalue weighted by Crippen LogP contribution is -2.35. The summed E-state index contributed by atoms with van der Waals surface area (Å²) in [6.07, 6.45) is -4.91. The molecule has 0 aliphatic heterocycles. The molecule has 0 radical (unpaired) electrons. The van der Waals surface area contributed by atoms with Crippen molar-refractivity contribution in [2.75, 3.05) is 26.7 Å². The zero-order valence-corrected chi connectivity index (χ0v) is 28.9. The van der Waals surface area contributed by atoms with E-state index in [9.17, 15) is 28.0 Å². The maximum atomic E-state index is 14.0. The number of carbonyl (C=O) groups excluding carboxylic acids is 1. The molecule has 0 saturated heterocycles. The van der Waals surface area contributed by atoms with E-state index >= 15 is 0 Å². The second kappa shape index (κ2) is 14.3. The highest BCUT2D eigenvalue weighted by Gasteiger charge is 2.36. The fourth-order valence-electron chi connectivity index (χ4n) is 5.91. The van der Waals surface area contributed by atoms with Crippen LogP contribution in [0.5, 0.6) is 11.5 Å². The van der Waals surface area contributed by atoms with Crippen molar-refractivity contribution >= 4 is 16.9 Å². The zero-order chi connectivity index (χ0) is 36.4. The number of benzene rings is 3. The number of hydrogen-bond donors (Lipinski definition) is 1. The number of aromatic nitrogens is 2. The molecule has 0 aliphatic carbocycles. The smallest absolute Gasteiger partial charge is 0.417 e. The molecule has 5 rings (SSSR count). The van der Waals surface area contributed by atoms with Crippen LogP contribution in [0, 0.1) is 30.6 Å². The van der Waals surface area contributed by atoms with Gasteiger partial charge in [0.2, 0.25) is 0 Å². The third-order valence-corrected chi connectivity index (χ3v) is 8.57. The molecular weight excluding hydrogens is 645 g/mol. The maximum absolute atomic E-state index is 14.0. The molecule has 8 nitrogen and oxygen atoms in total. The number of ether oxygens (including phenoxy) is 2.